The molecule has 19 heavy (non-hydrogen) atoms. The molecule has 8 heteroatoms. The minimum Gasteiger partial charge on any atom is -0.409 e. The number of hydrogen-bond donors (Lipinski definition) is 3. The van der Waals surface area contributed by atoms with E-state index in [1.165, 1.54) is 0 Å². The molecule has 0 heterocycles. The number of rotatable bonds is 4. The van der Waals surface area contributed by atoms with Crippen LogP contribution in [-0.4, -0.2) is 29.7 Å². The summed E-state index contributed by atoms with van der Waals surface area (Å²) in [4.78, 5) is 11.7. The van der Waals surface area contributed by atoms with Crippen molar-refractivity contribution in [3.05, 3.63) is 0 Å². The summed E-state index contributed by atoms with van der Waals surface area (Å²) in [5.74, 6) is -1.91. The van der Waals surface area contributed by atoms with Crippen molar-refractivity contribution in [1.29, 1.82) is 0 Å². The number of amidine groups is 1. The van der Waals surface area contributed by atoms with Crippen molar-refractivity contribution in [3.63, 3.8) is 0 Å². The largest absolute Gasteiger partial charge is 0.409 e. The second kappa shape index (κ2) is 6.63. The summed E-state index contributed by atoms with van der Waals surface area (Å²) in [7, 11) is 0. The molecule has 0 atom stereocenters. The van der Waals surface area contributed by atoms with E-state index in [0.717, 1.165) is 0 Å². The number of alkyl halides is 3. The molecular weight excluding hydrogens is 263 g/mol. The van der Waals surface area contributed by atoms with E-state index in [1.807, 2.05) is 0 Å². The molecule has 1 amide bonds. The SMILES string of the molecule is NC(CCNC(=O)C1CCC(C(F)(F)F)CC1)=NO. The van der Waals surface area contributed by atoms with Gasteiger partial charge >= 0.3 is 6.18 Å². The van der Waals surface area contributed by atoms with Crippen LogP contribution in [0.3, 0.4) is 0 Å². The fraction of sp³-hybridized carbons (Fsp3) is 0.818. The van der Waals surface area contributed by atoms with Crippen molar-refractivity contribution in [2.45, 2.75) is 38.3 Å². The van der Waals surface area contributed by atoms with Crippen LogP contribution in [0.25, 0.3) is 0 Å². The quantitative estimate of drug-likeness (QED) is 0.316. The molecule has 0 aliphatic heterocycles. The first-order valence-electron chi connectivity index (χ1n) is 6.15. The average molecular weight is 281 g/mol. The van der Waals surface area contributed by atoms with Gasteiger partial charge in [-0.15, -0.1) is 0 Å². The van der Waals surface area contributed by atoms with Gasteiger partial charge in [-0.3, -0.25) is 4.79 Å². The van der Waals surface area contributed by atoms with Gasteiger partial charge in [0.1, 0.15) is 5.84 Å². The highest BCUT2D eigenvalue weighted by Gasteiger charge is 2.42. The van der Waals surface area contributed by atoms with Crippen molar-refractivity contribution in [2.24, 2.45) is 22.7 Å². The molecule has 1 aliphatic carbocycles. The topological polar surface area (TPSA) is 87.7 Å². The third-order valence-electron chi connectivity index (χ3n) is 3.37. The van der Waals surface area contributed by atoms with Crippen LogP contribution in [0.2, 0.25) is 0 Å². The first kappa shape index (κ1) is 15.6. The first-order chi connectivity index (χ1) is 8.84. The third kappa shape index (κ3) is 4.96. The highest BCUT2D eigenvalue weighted by atomic mass is 19.4. The van der Waals surface area contributed by atoms with Gasteiger partial charge in [-0.05, 0) is 25.7 Å². The second-order valence-electron chi connectivity index (χ2n) is 4.72. The lowest BCUT2D eigenvalue weighted by Crippen LogP contribution is -2.37. The molecule has 0 unspecified atom stereocenters. The number of carbonyl (C=O) groups is 1. The summed E-state index contributed by atoms with van der Waals surface area (Å²) < 4.78 is 37.3. The number of nitrogens with two attached hydrogens (primary N) is 1. The van der Waals surface area contributed by atoms with Crippen LogP contribution >= 0.6 is 0 Å². The van der Waals surface area contributed by atoms with Crippen LogP contribution in [0.1, 0.15) is 32.1 Å². The molecule has 1 rings (SSSR count). The molecule has 0 aromatic carbocycles. The minimum absolute atomic E-state index is 0.001000. The highest BCUT2D eigenvalue weighted by molar-refractivity contribution is 5.82. The van der Waals surface area contributed by atoms with E-state index < -0.39 is 12.1 Å². The van der Waals surface area contributed by atoms with Gasteiger partial charge < -0.3 is 16.3 Å². The molecule has 0 bridgehead atoms. The molecule has 0 aromatic rings. The number of nitrogens with one attached hydrogen (secondary N) is 1. The van der Waals surface area contributed by atoms with Crippen molar-refractivity contribution in [2.75, 3.05) is 6.54 Å². The Morgan fingerprint density at radius 2 is 1.89 bits per heavy atom. The predicted molar refractivity (Wildman–Crippen MR) is 62.5 cm³/mol. The zero-order valence-corrected chi connectivity index (χ0v) is 10.4. The Morgan fingerprint density at radius 1 is 1.32 bits per heavy atom. The lowest BCUT2D eigenvalue weighted by molar-refractivity contribution is -0.184. The number of carbonyl (C=O) groups excluding carboxylic acids is 1. The van der Waals surface area contributed by atoms with Crippen LogP contribution in [0.15, 0.2) is 5.16 Å². The molecular formula is C11H18F3N3O2. The molecule has 1 aliphatic rings. The Kier molecular flexibility index (Phi) is 5.44. The highest BCUT2D eigenvalue weighted by Crippen LogP contribution is 2.39. The smallest absolute Gasteiger partial charge is 0.391 e. The molecule has 0 spiro atoms. The Balaban J connectivity index is 2.29. The Morgan fingerprint density at radius 3 is 2.37 bits per heavy atom. The van der Waals surface area contributed by atoms with Gasteiger partial charge in [0.15, 0.2) is 0 Å². The maximum absolute atomic E-state index is 12.4. The summed E-state index contributed by atoms with van der Waals surface area (Å²) in [6, 6.07) is 0. The lowest BCUT2D eigenvalue weighted by Gasteiger charge is -2.29. The van der Waals surface area contributed by atoms with Gasteiger partial charge in [0.25, 0.3) is 0 Å². The minimum atomic E-state index is -4.16. The zero-order valence-electron chi connectivity index (χ0n) is 10.4. The van der Waals surface area contributed by atoms with E-state index in [0.29, 0.717) is 0 Å². The molecule has 1 fully saturated rings. The molecule has 110 valence electrons. The molecule has 0 radical (unpaired) electrons. The van der Waals surface area contributed by atoms with Gasteiger partial charge in [-0.2, -0.15) is 13.2 Å². The summed E-state index contributed by atoms with van der Waals surface area (Å²) in [6.45, 7) is 0.216. The number of hydrogen-bond acceptors (Lipinski definition) is 3. The second-order valence-corrected chi connectivity index (χ2v) is 4.72. The maximum atomic E-state index is 12.4. The Hall–Kier alpha value is -1.47. The number of nitrogens with zero attached hydrogens (tertiary/aromatic N) is 1. The molecule has 0 aromatic heterocycles. The van der Waals surface area contributed by atoms with Crippen molar-refractivity contribution < 1.29 is 23.2 Å². The fourth-order valence-corrected chi connectivity index (χ4v) is 2.19. The molecule has 1 saturated carbocycles. The van der Waals surface area contributed by atoms with Crippen LogP contribution in [0.4, 0.5) is 13.2 Å². The predicted octanol–water partition coefficient (Wildman–Crippen LogP) is 1.61. The number of amides is 1. The van der Waals surface area contributed by atoms with E-state index in [-0.39, 0.29) is 56.3 Å². The molecule has 4 N–H and O–H groups in total. The van der Waals surface area contributed by atoms with Crippen molar-refractivity contribution in [3.8, 4) is 0 Å². The van der Waals surface area contributed by atoms with Crippen LogP contribution in [0.5, 0.6) is 0 Å². The van der Waals surface area contributed by atoms with Gasteiger partial charge in [0, 0.05) is 18.9 Å². The van der Waals surface area contributed by atoms with Crippen molar-refractivity contribution >= 4 is 11.7 Å². The Labute approximate surface area is 109 Å². The van der Waals surface area contributed by atoms with Crippen LogP contribution in [0, 0.1) is 11.8 Å². The van der Waals surface area contributed by atoms with E-state index in [2.05, 4.69) is 10.5 Å². The van der Waals surface area contributed by atoms with E-state index in [1.54, 1.807) is 0 Å². The van der Waals surface area contributed by atoms with Crippen LogP contribution < -0.4 is 11.1 Å². The van der Waals surface area contributed by atoms with Gasteiger partial charge in [-0.1, -0.05) is 5.16 Å². The van der Waals surface area contributed by atoms with Gasteiger partial charge in [0.05, 0.1) is 5.92 Å². The van der Waals surface area contributed by atoms with Gasteiger partial charge in [0.2, 0.25) is 5.91 Å². The molecule has 5 nitrogen and oxygen atoms in total. The zero-order chi connectivity index (χ0) is 14.5. The standard InChI is InChI=1S/C11H18F3N3O2/c12-11(13,14)8-3-1-7(2-4-8)10(18)16-6-5-9(15)17-19/h7-8,19H,1-6H2,(H2,15,17)(H,16,18). The van der Waals surface area contributed by atoms with E-state index in [4.69, 9.17) is 10.9 Å². The molecule has 0 saturated heterocycles. The van der Waals surface area contributed by atoms with Crippen molar-refractivity contribution in [1.82, 2.24) is 5.32 Å². The van der Waals surface area contributed by atoms with Gasteiger partial charge in [-0.25, -0.2) is 0 Å². The normalized spacial score (nSPS) is 25.1. The average Bonchev–Trinajstić information content (AvgIpc) is 2.37. The summed E-state index contributed by atoms with van der Waals surface area (Å²) in [5.41, 5.74) is 5.23. The summed E-state index contributed by atoms with van der Waals surface area (Å²) in [5, 5.41) is 13.6. The third-order valence-corrected chi connectivity index (χ3v) is 3.37. The first-order valence-corrected chi connectivity index (χ1v) is 6.15. The monoisotopic (exact) mass is 281 g/mol. The maximum Gasteiger partial charge on any atom is 0.391 e. The lowest BCUT2D eigenvalue weighted by atomic mass is 9.81. The van der Waals surface area contributed by atoms with E-state index >= 15 is 0 Å². The Bertz CT molecular complexity index is 337. The summed E-state index contributed by atoms with van der Waals surface area (Å²) >= 11 is 0. The number of oxime groups is 1. The summed E-state index contributed by atoms with van der Waals surface area (Å²) in [6.07, 6.45) is -3.45. The van der Waals surface area contributed by atoms with E-state index in [9.17, 15) is 18.0 Å². The number of halogens is 3. The fourth-order valence-electron chi connectivity index (χ4n) is 2.19. The van der Waals surface area contributed by atoms with Crippen LogP contribution in [-0.2, 0) is 4.79 Å².